The SMILES string of the molecule is COc1cc(C(=O)N2CCC(CCN3CCC(Nc4nc5ccccc5n4CCOCC(F)(F)F)CC3)(c3ccccn3)C2)cc(OC)c1OC. The van der Waals surface area contributed by atoms with Crippen LogP contribution in [0.25, 0.3) is 11.0 Å². The quantitative estimate of drug-likeness (QED) is 0.163. The molecule has 0 bridgehead atoms. The van der Waals surface area contributed by atoms with E-state index in [1.165, 1.54) is 21.3 Å². The Balaban J connectivity index is 1.09. The molecule has 2 saturated heterocycles. The number of hydrogen-bond acceptors (Lipinski definition) is 9. The third-order valence-electron chi connectivity index (χ3n) is 9.97. The van der Waals surface area contributed by atoms with Crippen LogP contribution in [0.2, 0.25) is 0 Å². The first-order valence-electron chi connectivity index (χ1n) is 17.2. The van der Waals surface area contributed by atoms with E-state index in [4.69, 9.17) is 28.9 Å². The summed E-state index contributed by atoms with van der Waals surface area (Å²) in [5.41, 5.74) is 2.79. The van der Waals surface area contributed by atoms with E-state index in [-0.39, 0.29) is 30.5 Å². The second-order valence-corrected chi connectivity index (χ2v) is 13.1. The van der Waals surface area contributed by atoms with Crippen LogP contribution in [-0.2, 0) is 16.7 Å². The molecule has 2 aliphatic rings. The average molecular weight is 711 g/mol. The summed E-state index contributed by atoms with van der Waals surface area (Å²) in [7, 11) is 4.60. The molecule has 4 aromatic rings. The maximum absolute atomic E-state index is 13.9. The van der Waals surface area contributed by atoms with Gasteiger partial charge in [-0.05, 0) is 68.6 Å². The first-order chi connectivity index (χ1) is 24.6. The number of halogens is 3. The molecular formula is C37H45F3N6O5. The number of benzene rings is 2. The Morgan fingerprint density at radius 1 is 0.961 bits per heavy atom. The standard InChI is InChI=1S/C37H45F3N6O5/c1-48-30-22-26(23-31(49-2)33(30)50-3)34(47)45-19-14-36(24-45,32-10-6-7-15-41-32)13-18-44-16-11-27(12-17-44)42-35-43-28-8-4-5-9-29(28)46(35)20-21-51-25-37(38,39)40/h4-10,15,22-23,27H,11-14,16-21,24-25H2,1-3H3,(H,42,43). The van der Waals surface area contributed by atoms with Crippen molar-refractivity contribution >= 4 is 22.9 Å². The molecule has 2 aromatic heterocycles. The highest BCUT2D eigenvalue weighted by Gasteiger charge is 2.43. The molecule has 0 aliphatic carbocycles. The minimum atomic E-state index is -4.36. The zero-order valence-electron chi connectivity index (χ0n) is 29.2. The van der Waals surface area contributed by atoms with Gasteiger partial charge in [0.05, 0.1) is 39.0 Å². The van der Waals surface area contributed by atoms with E-state index < -0.39 is 12.8 Å². The van der Waals surface area contributed by atoms with Crippen LogP contribution in [0.1, 0.15) is 41.7 Å². The molecule has 51 heavy (non-hydrogen) atoms. The van der Waals surface area contributed by atoms with Crippen LogP contribution in [0.3, 0.4) is 0 Å². The van der Waals surface area contributed by atoms with Crippen molar-refractivity contribution in [1.82, 2.24) is 24.3 Å². The number of pyridine rings is 1. The van der Waals surface area contributed by atoms with Gasteiger partial charge in [-0.25, -0.2) is 4.98 Å². The molecule has 2 fully saturated rings. The van der Waals surface area contributed by atoms with E-state index in [9.17, 15) is 18.0 Å². The number of carbonyl (C=O) groups excluding carboxylic acids is 1. The predicted molar refractivity (Wildman–Crippen MR) is 187 cm³/mol. The maximum atomic E-state index is 13.9. The van der Waals surface area contributed by atoms with E-state index in [2.05, 4.69) is 16.3 Å². The summed E-state index contributed by atoms with van der Waals surface area (Å²) in [5, 5.41) is 3.57. The highest BCUT2D eigenvalue weighted by Crippen LogP contribution is 2.41. The third kappa shape index (κ3) is 8.33. The highest BCUT2D eigenvalue weighted by molar-refractivity contribution is 5.96. The van der Waals surface area contributed by atoms with Gasteiger partial charge in [0.1, 0.15) is 6.61 Å². The number of methoxy groups -OCH3 is 3. The lowest BCUT2D eigenvalue weighted by atomic mass is 9.79. The zero-order valence-corrected chi connectivity index (χ0v) is 29.2. The number of para-hydroxylation sites is 2. The maximum Gasteiger partial charge on any atom is 0.411 e. The molecule has 1 amide bonds. The summed E-state index contributed by atoms with van der Waals surface area (Å²) in [6.45, 7) is 2.65. The van der Waals surface area contributed by atoms with Gasteiger partial charge < -0.3 is 38.6 Å². The largest absolute Gasteiger partial charge is 0.493 e. The van der Waals surface area contributed by atoms with Crippen LogP contribution >= 0.6 is 0 Å². The topological polar surface area (TPSA) is 103 Å². The van der Waals surface area contributed by atoms with Gasteiger partial charge >= 0.3 is 6.18 Å². The molecule has 1 unspecified atom stereocenters. The van der Waals surface area contributed by atoms with E-state index >= 15 is 0 Å². The van der Waals surface area contributed by atoms with Gasteiger partial charge in [-0.15, -0.1) is 0 Å². The predicted octanol–water partition coefficient (Wildman–Crippen LogP) is 5.79. The Morgan fingerprint density at radius 2 is 1.69 bits per heavy atom. The van der Waals surface area contributed by atoms with Gasteiger partial charge in [-0.3, -0.25) is 9.78 Å². The molecule has 1 N–H and O–H groups in total. The van der Waals surface area contributed by atoms with Crippen molar-refractivity contribution in [2.24, 2.45) is 0 Å². The van der Waals surface area contributed by atoms with Crippen molar-refractivity contribution in [2.75, 3.05) is 72.6 Å². The van der Waals surface area contributed by atoms with E-state index in [1.807, 2.05) is 52.1 Å². The molecule has 274 valence electrons. The van der Waals surface area contributed by atoms with Gasteiger partial charge in [-0.1, -0.05) is 18.2 Å². The molecule has 11 nitrogen and oxygen atoms in total. The molecular weight excluding hydrogens is 665 g/mol. The number of hydrogen-bond donors (Lipinski definition) is 1. The molecule has 0 spiro atoms. The monoisotopic (exact) mass is 710 g/mol. The normalized spacial score (nSPS) is 18.7. The third-order valence-corrected chi connectivity index (χ3v) is 9.97. The fourth-order valence-electron chi connectivity index (χ4n) is 7.26. The number of aromatic nitrogens is 3. The lowest BCUT2D eigenvalue weighted by molar-refractivity contribution is -0.174. The Kier molecular flexibility index (Phi) is 11.2. The number of imidazole rings is 1. The molecule has 0 radical (unpaired) electrons. The van der Waals surface area contributed by atoms with Gasteiger partial charge in [0.15, 0.2) is 11.5 Å². The van der Waals surface area contributed by atoms with Gasteiger partial charge in [0, 0.05) is 61.6 Å². The van der Waals surface area contributed by atoms with Crippen molar-refractivity contribution in [1.29, 1.82) is 0 Å². The number of piperidine rings is 1. The van der Waals surface area contributed by atoms with E-state index in [0.29, 0.717) is 41.8 Å². The summed E-state index contributed by atoms with van der Waals surface area (Å²) in [6, 6.07) is 17.1. The Hall–Kier alpha value is -4.56. The van der Waals surface area contributed by atoms with E-state index in [1.54, 1.807) is 12.1 Å². The van der Waals surface area contributed by atoms with Gasteiger partial charge in [0.2, 0.25) is 11.7 Å². The zero-order chi connectivity index (χ0) is 36.0. The van der Waals surface area contributed by atoms with Crippen LogP contribution in [0.15, 0.2) is 60.8 Å². The molecule has 4 heterocycles. The Morgan fingerprint density at radius 3 is 2.35 bits per heavy atom. The molecule has 6 rings (SSSR count). The number of nitrogens with one attached hydrogen (secondary N) is 1. The lowest BCUT2D eigenvalue weighted by Gasteiger charge is -2.36. The minimum Gasteiger partial charge on any atom is -0.493 e. The van der Waals surface area contributed by atoms with Crippen LogP contribution in [-0.4, -0.2) is 110 Å². The van der Waals surface area contributed by atoms with Crippen molar-refractivity contribution < 1.29 is 36.9 Å². The molecule has 1 atom stereocenters. The number of alkyl halides is 3. The number of anilines is 1. The number of fused-ring (bicyclic) bond motifs is 1. The van der Waals surface area contributed by atoms with Crippen LogP contribution in [0.5, 0.6) is 17.2 Å². The summed E-state index contributed by atoms with van der Waals surface area (Å²) in [5.74, 6) is 1.84. The lowest BCUT2D eigenvalue weighted by Crippen LogP contribution is -2.43. The second-order valence-electron chi connectivity index (χ2n) is 13.1. The number of rotatable bonds is 14. The highest BCUT2D eigenvalue weighted by atomic mass is 19.4. The Bertz CT molecular complexity index is 1750. The van der Waals surface area contributed by atoms with E-state index in [0.717, 1.165) is 62.0 Å². The van der Waals surface area contributed by atoms with Gasteiger partial charge in [-0.2, -0.15) is 13.2 Å². The fourth-order valence-corrected chi connectivity index (χ4v) is 7.26. The van der Waals surface area contributed by atoms with Crippen LogP contribution < -0.4 is 19.5 Å². The Labute approximate surface area is 295 Å². The molecule has 14 heteroatoms. The average Bonchev–Trinajstić information content (AvgIpc) is 3.74. The number of carbonyl (C=O) groups is 1. The summed E-state index contributed by atoms with van der Waals surface area (Å²) < 4.78 is 61.2. The number of nitrogens with zero attached hydrogens (tertiary/aromatic N) is 5. The summed E-state index contributed by atoms with van der Waals surface area (Å²) >= 11 is 0. The van der Waals surface area contributed by atoms with Crippen LogP contribution in [0.4, 0.5) is 19.1 Å². The number of likely N-dealkylation sites (tertiary alicyclic amines) is 2. The number of ether oxygens (including phenoxy) is 4. The molecule has 0 saturated carbocycles. The van der Waals surface area contributed by atoms with Crippen LogP contribution in [0, 0.1) is 0 Å². The van der Waals surface area contributed by atoms with Crippen molar-refractivity contribution in [2.45, 2.75) is 49.9 Å². The summed E-state index contributed by atoms with van der Waals surface area (Å²) in [4.78, 5) is 27.7. The fraction of sp³-hybridized carbons (Fsp3) is 0.486. The molecule has 2 aliphatic heterocycles. The first-order valence-corrected chi connectivity index (χ1v) is 17.2. The van der Waals surface area contributed by atoms with Crippen molar-refractivity contribution in [3.05, 3.63) is 72.1 Å². The smallest absolute Gasteiger partial charge is 0.411 e. The van der Waals surface area contributed by atoms with Crippen molar-refractivity contribution in [3.63, 3.8) is 0 Å². The summed E-state index contributed by atoms with van der Waals surface area (Å²) in [6.07, 6.45) is 0.855. The second kappa shape index (κ2) is 15.8. The minimum absolute atomic E-state index is 0.0729. The molecule has 2 aromatic carbocycles. The van der Waals surface area contributed by atoms with Gasteiger partial charge in [0.25, 0.3) is 5.91 Å². The first kappa shape index (κ1) is 36.2. The van der Waals surface area contributed by atoms with Crippen molar-refractivity contribution in [3.8, 4) is 17.2 Å². The number of amides is 1.